The molecular weight excluding hydrogens is 238 g/mol. The molecule has 18 heavy (non-hydrogen) atoms. The molecule has 100 valence electrons. The number of hydrogen-bond donors (Lipinski definition) is 1. The van der Waals surface area contributed by atoms with Crippen LogP contribution in [0.3, 0.4) is 0 Å². The molecular formula is C16H25NS. The van der Waals surface area contributed by atoms with E-state index in [4.69, 9.17) is 0 Å². The van der Waals surface area contributed by atoms with Crippen molar-refractivity contribution in [3.63, 3.8) is 0 Å². The molecule has 1 saturated heterocycles. The average Bonchev–Trinajstić information content (AvgIpc) is 2.36. The van der Waals surface area contributed by atoms with Crippen LogP contribution in [-0.4, -0.2) is 17.5 Å². The molecule has 1 aromatic carbocycles. The summed E-state index contributed by atoms with van der Waals surface area (Å²) >= 11 is 2.09. The predicted octanol–water partition coefficient (Wildman–Crippen LogP) is 3.87. The molecule has 1 unspecified atom stereocenters. The molecule has 0 bridgehead atoms. The molecule has 0 saturated carbocycles. The van der Waals surface area contributed by atoms with E-state index in [1.54, 1.807) is 0 Å². The van der Waals surface area contributed by atoms with Crippen molar-refractivity contribution >= 4 is 11.8 Å². The highest BCUT2D eigenvalue weighted by Gasteiger charge is 2.27. The van der Waals surface area contributed by atoms with E-state index in [1.165, 1.54) is 29.1 Å². The minimum Gasteiger partial charge on any atom is -0.309 e. The Kier molecular flexibility index (Phi) is 4.74. The summed E-state index contributed by atoms with van der Waals surface area (Å²) in [6, 6.07) is 9.68. The van der Waals surface area contributed by atoms with Crippen LogP contribution in [0.2, 0.25) is 0 Å². The van der Waals surface area contributed by atoms with Crippen molar-refractivity contribution in [2.24, 2.45) is 5.41 Å². The van der Waals surface area contributed by atoms with Crippen molar-refractivity contribution in [1.82, 2.24) is 5.32 Å². The molecule has 1 atom stereocenters. The molecule has 1 heterocycles. The lowest BCUT2D eigenvalue weighted by atomic mass is 9.88. The van der Waals surface area contributed by atoms with Gasteiger partial charge >= 0.3 is 0 Å². The van der Waals surface area contributed by atoms with Crippen LogP contribution >= 0.6 is 11.8 Å². The van der Waals surface area contributed by atoms with E-state index in [2.05, 4.69) is 62.1 Å². The lowest BCUT2D eigenvalue weighted by molar-refractivity contribution is 0.317. The summed E-state index contributed by atoms with van der Waals surface area (Å²) < 4.78 is 0. The Morgan fingerprint density at radius 3 is 2.50 bits per heavy atom. The van der Waals surface area contributed by atoms with E-state index < -0.39 is 0 Å². The van der Waals surface area contributed by atoms with E-state index >= 15 is 0 Å². The molecule has 0 spiro atoms. The van der Waals surface area contributed by atoms with Gasteiger partial charge < -0.3 is 5.32 Å². The summed E-state index contributed by atoms with van der Waals surface area (Å²) in [5, 5.41) is 3.71. The maximum absolute atomic E-state index is 3.71. The predicted molar refractivity (Wildman–Crippen MR) is 82.2 cm³/mol. The standard InChI is InChI=1S/C16H25NS/c1-4-13-5-7-14(8-6-13)10-17-15-9-16(2,3)12-18-11-15/h5-8,15,17H,4,9-12H2,1-3H3. The second-order valence-electron chi connectivity index (χ2n) is 6.13. The first kappa shape index (κ1) is 14.0. The van der Waals surface area contributed by atoms with Crippen LogP contribution in [0.4, 0.5) is 0 Å². The smallest absolute Gasteiger partial charge is 0.0208 e. The van der Waals surface area contributed by atoms with E-state index in [0.717, 1.165) is 13.0 Å². The molecule has 1 aromatic rings. The van der Waals surface area contributed by atoms with E-state index in [0.29, 0.717) is 11.5 Å². The molecule has 0 aliphatic carbocycles. The maximum atomic E-state index is 3.71. The van der Waals surface area contributed by atoms with E-state index in [-0.39, 0.29) is 0 Å². The summed E-state index contributed by atoms with van der Waals surface area (Å²) in [5.74, 6) is 2.56. The van der Waals surface area contributed by atoms with Crippen molar-refractivity contribution in [2.45, 2.75) is 46.2 Å². The average molecular weight is 263 g/mol. The third kappa shape index (κ3) is 4.03. The molecule has 1 aliphatic rings. The van der Waals surface area contributed by atoms with Gasteiger partial charge in [-0.25, -0.2) is 0 Å². The molecule has 0 amide bonds. The van der Waals surface area contributed by atoms with Crippen LogP contribution in [0, 0.1) is 5.41 Å². The quantitative estimate of drug-likeness (QED) is 0.885. The molecule has 1 N–H and O–H groups in total. The Morgan fingerprint density at radius 1 is 1.22 bits per heavy atom. The number of nitrogens with one attached hydrogen (secondary N) is 1. The minimum absolute atomic E-state index is 0.493. The minimum atomic E-state index is 0.493. The van der Waals surface area contributed by atoms with Crippen LogP contribution in [-0.2, 0) is 13.0 Å². The highest BCUT2D eigenvalue weighted by molar-refractivity contribution is 7.99. The Balaban J connectivity index is 1.83. The third-order valence-electron chi connectivity index (χ3n) is 3.64. The molecule has 2 heteroatoms. The Morgan fingerprint density at radius 2 is 1.89 bits per heavy atom. The Bertz CT molecular complexity index is 369. The lowest BCUT2D eigenvalue weighted by Crippen LogP contribution is -2.39. The van der Waals surface area contributed by atoms with Crippen LogP contribution < -0.4 is 5.32 Å². The number of hydrogen-bond acceptors (Lipinski definition) is 2. The first-order chi connectivity index (χ1) is 8.59. The number of aryl methyl sites for hydroxylation is 1. The number of rotatable bonds is 4. The molecule has 1 aliphatic heterocycles. The molecule has 2 rings (SSSR count). The summed E-state index contributed by atoms with van der Waals surface area (Å²) in [6.07, 6.45) is 2.42. The van der Waals surface area contributed by atoms with Crippen molar-refractivity contribution in [1.29, 1.82) is 0 Å². The van der Waals surface area contributed by atoms with Gasteiger partial charge in [-0.05, 0) is 35.1 Å². The first-order valence-corrected chi connectivity index (χ1v) is 8.13. The molecule has 1 fully saturated rings. The fourth-order valence-electron chi connectivity index (χ4n) is 2.55. The summed E-state index contributed by atoms with van der Waals surface area (Å²) in [6.45, 7) is 7.97. The fraction of sp³-hybridized carbons (Fsp3) is 0.625. The van der Waals surface area contributed by atoms with Gasteiger partial charge in [0, 0.05) is 18.3 Å². The van der Waals surface area contributed by atoms with Crippen LogP contribution in [0.25, 0.3) is 0 Å². The fourth-order valence-corrected chi connectivity index (χ4v) is 3.86. The summed E-state index contributed by atoms with van der Waals surface area (Å²) in [7, 11) is 0. The van der Waals surface area contributed by atoms with Crippen LogP contribution in [0.15, 0.2) is 24.3 Å². The van der Waals surface area contributed by atoms with Crippen molar-refractivity contribution in [2.75, 3.05) is 11.5 Å². The van der Waals surface area contributed by atoms with Gasteiger partial charge in [-0.1, -0.05) is 45.0 Å². The van der Waals surface area contributed by atoms with Gasteiger partial charge in [-0.2, -0.15) is 11.8 Å². The van der Waals surface area contributed by atoms with Crippen molar-refractivity contribution in [3.05, 3.63) is 35.4 Å². The van der Waals surface area contributed by atoms with E-state index in [9.17, 15) is 0 Å². The van der Waals surface area contributed by atoms with Crippen molar-refractivity contribution in [3.8, 4) is 0 Å². The maximum Gasteiger partial charge on any atom is 0.0208 e. The zero-order valence-corrected chi connectivity index (χ0v) is 12.6. The summed E-state index contributed by atoms with van der Waals surface area (Å²) in [5.41, 5.74) is 3.32. The van der Waals surface area contributed by atoms with Gasteiger partial charge in [-0.3, -0.25) is 0 Å². The summed E-state index contributed by atoms with van der Waals surface area (Å²) in [4.78, 5) is 0. The van der Waals surface area contributed by atoms with Gasteiger partial charge in [0.15, 0.2) is 0 Å². The molecule has 0 radical (unpaired) electrons. The molecule has 1 nitrogen and oxygen atoms in total. The highest BCUT2D eigenvalue weighted by atomic mass is 32.2. The van der Waals surface area contributed by atoms with Gasteiger partial charge in [0.05, 0.1) is 0 Å². The van der Waals surface area contributed by atoms with Gasteiger partial charge in [-0.15, -0.1) is 0 Å². The molecule has 0 aromatic heterocycles. The largest absolute Gasteiger partial charge is 0.309 e. The zero-order valence-electron chi connectivity index (χ0n) is 11.8. The topological polar surface area (TPSA) is 12.0 Å². The monoisotopic (exact) mass is 263 g/mol. The number of thioether (sulfide) groups is 1. The third-order valence-corrected chi connectivity index (χ3v) is 5.26. The van der Waals surface area contributed by atoms with Crippen LogP contribution in [0.5, 0.6) is 0 Å². The van der Waals surface area contributed by atoms with Gasteiger partial charge in [0.2, 0.25) is 0 Å². The second kappa shape index (κ2) is 6.12. The van der Waals surface area contributed by atoms with Crippen LogP contribution in [0.1, 0.15) is 38.3 Å². The first-order valence-electron chi connectivity index (χ1n) is 6.98. The van der Waals surface area contributed by atoms with E-state index in [1.807, 2.05) is 0 Å². The van der Waals surface area contributed by atoms with Gasteiger partial charge in [0.1, 0.15) is 0 Å². The Hall–Kier alpha value is -0.470. The SMILES string of the molecule is CCc1ccc(CNC2CSCC(C)(C)C2)cc1. The Labute approximate surface area is 116 Å². The number of benzene rings is 1. The van der Waals surface area contributed by atoms with Gasteiger partial charge in [0.25, 0.3) is 0 Å². The zero-order chi connectivity index (χ0) is 13.0. The second-order valence-corrected chi connectivity index (χ2v) is 7.16. The normalized spacial score (nSPS) is 22.9. The lowest BCUT2D eigenvalue weighted by Gasteiger charge is -2.35. The highest BCUT2D eigenvalue weighted by Crippen LogP contribution is 2.33. The van der Waals surface area contributed by atoms with Crippen molar-refractivity contribution < 1.29 is 0 Å².